The summed E-state index contributed by atoms with van der Waals surface area (Å²) in [6, 6.07) is 8.52. The van der Waals surface area contributed by atoms with Gasteiger partial charge >= 0.3 is 0 Å². The summed E-state index contributed by atoms with van der Waals surface area (Å²) in [5.74, 6) is 0.406. The van der Waals surface area contributed by atoms with Crippen molar-refractivity contribution in [3.05, 3.63) is 35.4 Å². The molecule has 3 nitrogen and oxygen atoms in total. The molecular weight excluding hydrogens is 226 g/mol. The smallest absolute Gasteiger partial charge is 0.0587 e. The molecule has 0 aliphatic heterocycles. The van der Waals surface area contributed by atoms with Gasteiger partial charge in [-0.15, -0.1) is 0 Å². The number of benzene rings is 1. The summed E-state index contributed by atoms with van der Waals surface area (Å²) >= 11 is 0. The van der Waals surface area contributed by atoms with Crippen molar-refractivity contribution in [2.24, 2.45) is 0 Å². The molecule has 0 spiro atoms. The van der Waals surface area contributed by atoms with Crippen LogP contribution in [0, 0.1) is 6.92 Å². The van der Waals surface area contributed by atoms with E-state index < -0.39 is 0 Å². The second kappa shape index (κ2) is 9.09. The van der Waals surface area contributed by atoms with Gasteiger partial charge in [0.05, 0.1) is 13.2 Å². The van der Waals surface area contributed by atoms with Crippen LogP contribution in [0.25, 0.3) is 0 Å². The van der Waals surface area contributed by atoms with Gasteiger partial charge < -0.3 is 14.8 Å². The maximum atomic E-state index is 5.59. The van der Waals surface area contributed by atoms with Gasteiger partial charge in [0.2, 0.25) is 0 Å². The molecule has 3 heteroatoms. The highest BCUT2D eigenvalue weighted by Gasteiger charge is 2.13. The van der Waals surface area contributed by atoms with Crippen LogP contribution in [0.1, 0.15) is 24.0 Å². The lowest BCUT2D eigenvalue weighted by molar-refractivity contribution is 0.130. The number of hydrogen-bond donors (Lipinski definition) is 1. The van der Waals surface area contributed by atoms with Gasteiger partial charge in [-0.2, -0.15) is 0 Å². The lowest BCUT2D eigenvalue weighted by Crippen LogP contribution is -2.27. The van der Waals surface area contributed by atoms with Crippen molar-refractivity contribution in [3.8, 4) is 0 Å². The average molecular weight is 251 g/mol. The third kappa shape index (κ3) is 5.17. The number of nitrogens with one attached hydrogen (secondary N) is 1. The van der Waals surface area contributed by atoms with E-state index in [9.17, 15) is 0 Å². The molecule has 18 heavy (non-hydrogen) atoms. The van der Waals surface area contributed by atoms with Gasteiger partial charge in [0.1, 0.15) is 0 Å². The minimum absolute atomic E-state index is 0.406. The van der Waals surface area contributed by atoms with Crippen molar-refractivity contribution in [3.63, 3.8) is 0 Å². The Kier molecular flexibility index (Phi) is 7.65. The molecule has 0 saturated carbocycles. The molecule has 0 saturated heterocycles. The topological polar surface area (TPSA) is 30.5 Å². The first-order valence-corrected chi connectivity index (χ1v) is 6.62. The van der Waals surface area contributed by atoms with Crippen LogP contribution in [0.3, 0.4) is 0 Å². The second-order valence-electron chi connectivity index (χ2n) is 4.41. The maximum Gasteiger partial charge on any atom is 0.0587 e. The van der Waals surface area contributed by atoms with Gasteiger partial charge in [0.15, 0.2) is 0 Å². The Balaban J connectivity index is 2.57. The van der Waals surface area contributed by atoms with Crippen molar-refractivity contribution in [1.82, 2.24) is 5.32 Å². The molecule has 0 amide bonds. The fourth-order valence-electron chi connectivity index (χ4n) is 2.01. The molecule has 1 aromatic rings. The van der Waals surface area contributed by atoms with Gasteiger partial charge in [0, 0.05) is 32.7 Å². The number of aryl methyl sites for hydroxylation is 1. The minimum Gasteiger partial charge on any atom is -0.383 e. The molecule has 0 bridgehead atoms. The quantitative estimate of drug-likeness (QED) is 0.683. The number of hydrogen-bond acceptors (Lipinski definition) is 3. The first-order valence-electron chi connectivity index (χ1n) is 6.62. The van der Waals surface area contributed by atoms with E-state index in [1.807, 2.05) is 6.92 Å². The predicted molar refractivity (Wildman–Crippen MR) is 75.2 cm³/mol. The van der Waals surface area contributed by atoms with E-state index in [1.54, 1.807) is 7.11 Å². The molecule has 102 valence electrons. The summed E-state index contributed by atoms with van der Waals surface area (Å²) in [6.45, 7) is 8.27. The summed E-state index contributed by atoms with van der Waals surface area (Å²) in [5, 5.41) is 3.42. The zero-order valence-corrected chi connectivity index (χ0v) is 11.7. The molecule has 1 aromatic carbocycles. The van der Waals surface area contributed by atoms with Crippen molar-refractivity contribution < 1.29 is 9.47 Å². The maximum absolute atomic E-state index is 5.59. The third-order valence-corrected chi connectivity index (χ3v) is 3.03. The van der Waals surface area contributed by atoms with Gasteiger partial charge in [-0.3, -0.25) is 0 Å². The molecule has 0 fully saturated rings. The summed E-state index contributed by atoms with van der Waals surface area (Å²) in [7, 11) is 1.72. The molecule has 1 rings (SSSR count). The summed E-state index contributed by atoms with van der Waals surface area (Å²) in [4.78, 5) is 0. The third-order valence-electron chi connectivity index (χ3n) is 3.03. The Morgan fingerprint density at radius 1 is 1.28 bits per heavy atom. The van der Waals surface area contributed by atoms with Gasteiger partial charge in [-0.05, 0) is 25.0 Å². The molecule has 0 aliphatic carbocycles. The number of methoxy groups -OCH3 is 1. The molecule has 1 atom stereocenters. The highest BCUT2D eigenvalue weighted by atomic mass is 16.5. The Hall–Kier alpha value is -0.900. The molecule has 0 radical (unpaired) electrons. The Morgan fingerprint density at radius 2 is 2.06 bits per heavy atom. The van der Waals surface area contributed by atoms with Crippen LogP contribution in [0.5, 0.6) is 0 Å². The van der Waals surface area contributed by atoms with Crippen molar-refractivity contribution >= 4 is 0 Å². The fourth-order valence-corrected chi connectivity index (χ4v) is 2.01. The van der Waals surface area contributed by atoms with E-state index >= 15 is 0 Å². The van der Waals surface area contributed by atoms with Crippen molar-refractivity contribution in [1.29, 1.82) is 0 Å². The molecular formula is C15H25NO2. The van der Waals surface area contributed by atoms with Gasteiger partial charge in [0.25, 0.3) is 0 Å². The normalized spacial score (nSPS) is 12.6. The van der Waals surface area contributed by atoms with Crippen molar-refractivity contribution in [2.45, 2.75) is 19.8 Å². The summed E-state index contributed by atoms with van der Waals surface area (Å²) in [6.07, 6.45) is 0. The standard InChI is InChI=1S/C15H25NO2/c1-4-18-12-14(11-16-9-10-17-3)15-8-6-5-7-13(15)2/h5-8,14,16H,4,9-12H2,1-3H3. The first kappa shape index (κ1) is 15.2. The molecule has 0 aliphatic rings. The summed E-state index contributed by atoms with van der Waals surface area (Å²) < 4.78 is 10.6. The van der Waals surface area contributed by atoms with Gasteiger partial charge in [-0.25, -0.2) is 0 Å². The predicted octanol–water partition coefficient (Wildman–Crippen LogP) is 2.35. The van der Waals surface area contributed by atoms with Crippen molar-refractivity contribution in [2.75, 3.05) is 40.0 Å². The Morgan fingerprint density at radius 3 is 2.72 bits per heavy atom. The summed E-state index contributed by atoms with van der Waals surface area (Å²) in [5.41, 5.74) is 2.70. The fraction of sp³-hybridized carbons (Fsp3) is 0.600. The molecule has 1 N–H and O–H groups in total. The van der Waals surface area contributed by atoms with E-state index in [2.05, 4.69) is 36.5 Å². The Labute approximate surface area is 110 Å². The van der Waals surface area contributed by atoms with Crippen LogP contribution in [0.2, 0.25) is 0 Å². The van der Waals surface area contributed by atoms with Crippen LogP contribution >= 0.6 is 0 Å². The SMILES string of the molecule is CCOCC(CNCCOC)c1ccccc1C. The van der Waals surface area contributed by atoms with E-state index in [0.29, 0.717) is 5.92 Å². The Bertz CT molecular complexity index is 328. The van der Waals surface area contributed by atoms with Crippen LogP contribution in [-0.4, -0.2) is 40.0 Å². The van der Waals surface area contributed by atoms with E-state index in [1.165, 1.54) is 11.1 Å². The van der Waals surface area contributed by atoms with E-state index in [-0.39, 0.29) is 0 Å². The highest BCUT2D eigenvalue weighted by molar-refractivity contribution is 5.29. The number of ether oxygens (including phenoxy) is 2. The molecule has 1 unspecified atom stereocenters. The largest absolute Gasteiger partial charge is 0.383 e. The van der Waals surface area contributed by atoms with Crippen LogP contribution in [-0.2, 0) is 9.47 Å². The first-order chi connectivity index (χ1) is 8.79. The minimum atomic E-state index is 0.406. The molecule has 0 heterocycles. The van der Waals surface area contributed by atoms with Gasteiger partial charge in [-0.1, -0.05) is 24.3 Å². The zero-order chi connectivity index (χ0) is 13.2. The zero-order valence-electron chi connectivity index (χ0n) is 11.7. The van der Waals surface area contributed by atoms with Crippen LogP contribution in [0.4, 0.5) is 0 Å². The lowest BCUT2D eigenvalue weighted by Gasteiger charge is -2.20. The van der Waals surface area contributed by atoms with E-state index in [4.69, 9.17) is 9.47 Å². The van der Waals surface area contributed by atoms with Crippen LogP contribution in [0.15, 0.2) is 24.3 Å². The van der Waals surface area contributed by atoms with Crippen LogP contribution < -0.4 is 5.32 Å². The average Bonchev–Trinajstić information content (AvgIpc) is 2.39. The van der Waals surface area contributed by atoms with E-state index in [0.717, 1.165) is 32.9 Å². The second-order valence-corrected chi connectivity index (χ2v) is 4.41. The monoisotopic (exact) mass is 251 g/mol. The number of rotatable bonds is 9. The highest BCUT2D eigenvalue weighted by Crippen LogP contribution is 2.19. The lowest BCUT2D eigenvalue weighted by atomic mass is 9.95. The molecule has 0 aromatic heterocycles.